The van der Waals surface area contributed by atoms with Gasteiger partial charge < -0.3 is 29.2 Å². The molecule has 25 heavy (non-hydrogen) atoms. The first-order valence-electron chi connectivity index (χ1n) is 7.89. The zero-order chi connectivity index (χ0) is 19.5. The molecule has 0 spiro atoms. The summed E-state index contributed by atoms with van der Waals surface area (Å²) in [4.78, 5) is 31.8. The van der Waals surface area contributed by atoms with Crippen molar-refractivity contribution in [3.63, 3.8) is 0 Å². The first kappa shape index (κ1) is 23.4. The van der Waals surface area contributed by atoms with Gasteiger partial charge in [0.1, 0.15) is 5.78 Å². The fourth-order valence-electron chi connectivity index (χ4n) is 2.13. The molecule has 0 unspecified atom stereocenters. The highest BCUT2D eigenvalue weighted by Gasteiger charge is 2.34. The van der Waals surface area contributed by atoms with Crippen molar-refractivity contribution in [3.8, 4) is 0 Å². The molecule has 0 saturated carbocycles. The van der Waals surface area contributed by atoms with Crippen LogP contribution in [0.5, 0.6) is 0 Å². The minimum absolute atomic E-state index is 0.00903. The lowest BCUT2D eigenvalue weighted by molar-refractivity contribution is -0.166. The van der Waals surface area contributed by atoms with E-state index in [1.54, 1.807) is 6.92 Å². The molecule has 2 N–H and O–H groups in total. The van der Waals surface area contributed by atoms with Crippen LogP contribution in [0.1, 0.15) is 39.5 Å². The highest BCUT2D eigenvalue weighted by molar-refractivity contribution is 5.77. The Labute approximate surface area is 147 Å². The van der Waals surface area contributed by atoms with Crippen LogP contribution in [-0.2, 0) is 33.3 Å². The number of ether oxygens (including phenoxy) is 4. The maximum Gasteiger partial charge on any atom is 0.308 e. The fourth-order valence-corrected chi connectivity index (χ4v) is 2.13. The van der Waals surface area contributed by atoms with E-state index < -0.39 is 29.9 Å². The molecule has 1 aliphatic rings. The van der Waals surface area contributed by atoms with Gasteiger partial charge in [-0.3, -0.25) is 14.4 Å². The Kier molecular flexibility index (Phi) is 11.2. The number of carbonyl (C=O) groups excluding carboxylic acids is 3. The molecule has 0 bridgehead atoms. The summed E-state index contributed by atoms with van der Waals surface area (Å²) in [5.74, 6) is -1.83. The molecule has 0 aromatic rings. The zero-order valence-electron chi connectivity index (χ0n) is 15.1. The number of hydrogen-bond donors (Lipinski definition) is 2. The second-order valence-electron chi connectivity index (χ2n) is 5.81. The van der Waals surface area contributed by atoms with Crippen molar-refractivity contribution in [1.29, 1.82) is 0 Å². The minimum atomic E-state index is -0.903. The summed E-state index contributed by atoms with van der Waals surface area (Å²) < 4.78 is 19.3. The predicted octanol–water partition coefficient (Wildman–Crippen LogP) is -0.0470. The van der Waals surface area contributed by atoms with Gasteiger partial charge in [0, 0.05) is 12.8 Å². The number of Topliss-reactive ketones (excluding diaryl/α,β-unsaturated/α-hetero) is 1. The second kappa shape index (κ2) is 11.9. The normalized spacial score (nSPS) is 17.7. The molecule has 1 aliphatic heterocycles. The smallest absolute Gasteiger partial charge is 0.308 e. The number of hydrogen-bond acceptors (Lipinski definition) is 9. The van der Waals surface area contributed by atoms with Crippen molar-refractivity contribution < 1.29 is 43.5 Å². The van der Waals surface area contributed by atoms with E-state index in [1.807, 2.05) is 0 Å². The third-order valence-corrected chi connectivity index (χ3v) is 3.29. The minimum Gasteiger partial charge on any atom is -0.469 e. The first-order chi connectivity index (χ1) is 11.6. The topological polar surface area (TPSA) is 129 Å². The lowest BCUT2D eigenvalue weighted by atomic mass is 10.1. The van der Waals surface area contributed by atoms with Gasteiger partial charge in [0.15, 0.2) is 5.79 Å². The number of ketones is 1. The van der Waals surface area contributed by atoms with Crippen LogP contribution in [0.2, 0.25) is 0 Å². The Morgan fingerprint density at radius 3 is 1.80 bits per heavy atom. The van der Waals surface area contributed by atoms with E-state index >= 15 is 0 Å². The second-order valence-corrected chi connectivity index (χ2v) is 5.81. The van der Waals surface area contributed by atoms with Gasteiger partial charge in [-0.15, -0.1) is 0 Å². The SMILES string of the molecule is COC(=O)C[C@H](O)CC(C)=O.COC(=O)C[C@H](O)CC1(C)OCCO1. The molecular formula is C16H28O9. The first-order valence-corrected chi connectivity index (χ1v) is 7.89. The molecule has 0 radical (unpaired) electrons. The van der Waals surface area contributed by atoms with Crippen LogP contribution >= 0.6 is 0 Å². The molecule has 1 heterocycles. The summed E-state index contributed by atoms with van der Waals surface area (Å²) in [6, 6.07) is 0. The van der Waals surface area contributed by atoms with Crippen LogP contribution in [0.3, 0.4) is 0 Å². The van der Waals surface area contributed by atoms with Crippen LogP contribution in [0.25, 0.3) is 0 Å². The van der Waals surface area contributed by atoms with Crippen molar-refractivity contribution in [1.82, 2.24) is 0 Å². The van der Waals surface area contributed by atoms with Gasteiger partial charge in [-0.2, -0.15) is 0 Å². The molecule has 9 heteroatoms. The van der Waals surface area contributed by atoms with E-state index in [2.05, 4.69) is 9.47 Å². The Morgan fingerprint density at radius 2 is 1.40 bits per heavy atom. The molecule has 0 aromatic heterocycles. The lowest BCUT2D eigenvalue weighted by Crippen LogP contribution is -2.32. The van der Waals surface area contributed by atoms with E-state index in [9.17, 15) is 19.5 Å². The molecule has 1 saturated heterocycles. The number of esters is 2. The number of aliphatic hydroxyl groups is 2. The van der Waals surface area contributed by atoms with E-state index in [1.165, 1.54) is 21.1 Å². The number of carbonyl (C=O) groups is 3. The van der Waals surface area contributed by atoms with Gasteiger partial charge in [-0.25, -0.2) is 0 Å². The largest absolute Gasteiger partial charge is 0.469 e. The van der Waals surface area contributed by atoms with E-state index in [4.69, 9.17) is 14.6 Å². The van der Waals surface area contributed by atoms with E-state index in [0.717, 1.165) is 0 Å². The van der Waals surface area contributed by atoms with Gasteiger partial charge in [0.2, 0.25) is 0 Å². The fraction of sp³-hybridized carbons (Fsp3) is 0.812. The van der Waals surface area contributed by atoms with Crippen molar-refractivity contribution in [2.45, 2.75) is 57.5 Å². The number of aliphatic hydroxyl groups excluding tert-OH is 2. The molecule has 9 nitrogen and oxygen atoms in total. The summed E-state index contributed by atoms with van der Waals surface area (Å²) >= 11 is 0. The van der Waals surface area contributed by atoms with Crippen molar-refractivity contribution in [2.24, 2.45) is 0 Å². The predicted molar refractivity (Wildman–Crippen MR) is 85.5 cm³/mol. The quantitative estimate of drug-likeness (QED) is 0.570. The van der Waals surface area contributed by atoms with Crippen LogP contribution in [-0.4, -0.2) is 73.4 Å². The Hall–Kier alpha value is -1.55. The van der Waals surface area contributed by atoms with Crippen molar-refractivity contribution in [3.05, 3.63) is 0 Å². The van der Waals surface area contributed by atoms with Gasteiger partial charge in [-0.05, 0) is 13.8 Å². The highest BCUT2D eigenvalue weighted by atomic mass is 16.7. The molecule has 1 rings (SSSR count). The van der Waals surface area contributed by atoms with Gasteiger partial charge in [0.25, 0.3) is 0 Å². The molecule has 2 atom stereocenters. The molecule has 146 valence electrons. The summed E-state index contributed by atoms with van der Waals surface area (Å²) in [6.45, 7) is 4.17. The third kappa shape index (κ3) is 11.6. The summed E-state index contributed by atoms with van der Waals surface area (Å²) in [7, 11) is 2.53. The summed E-state index contributed by atoms with van der Waals surface area (Å²) in [6.07, 6.45) is -1.54. The van der Waals surface area contributed by atoms with Crippen LogP contribution in [0.4, 0.5) is 0 Å². The highest BCUT2D eigenvalue weighted by Crippen LogP contribution is 2.25. The van der Waals surface area contributed by atoms with Gasteiger partial charge >= 0.3 is 11.9 Å². The number of methoxy groups -OCH3 is 2. The van der Waals surface area contributed by atoms with Crippen LogP contribution in [0.15, 0.2) is 0 Å². The van der Waals surface area contributed by atoms with Crippen LogP contribution in [0, 0.1) is 0 Å². The molecule has 0 aliphatic carbocycles. The Bertz CT molecular complexity index is 429. The van der Waals surface area contributed by atoms with Crippen LogP contribution < -0.4 is 0 Å². The maximum absolute atomic E-state index is 10.8. The average molecular weight is 364 g/mol. The average Bonchev–Trinajstić information content (AvgIpc) is 2.92. The van der Waals surface area contributed by atoms with Crippen molar-refractivity contribution >= 4 is 17.7 Å². The molecule has 0 aromatic carbocycles. The monoisotopic (exact) mass is 364 g/mol. The number of rotatable bonds is 8. The van der Waals surface area contributed by atoms with E-state index in [-0.39, 0.29) is 31.5 Å². The third-order valence-electron chi connectivity index (χ3n) is 3.29. The van der Waals surface area contributed by atoms with E-state index in [0.29, 0.717) is 13.2 Å². The maximum atomic E-state index is 10.8. The Morgan fingerprint density at radius 1 is 0.960 bits per heavy atom. The Balaban J connectivity index is 0.000000477. The molecule has 1 fully saturated rings. The summed E-state index contributed by atoms with van der Waals surface area (Å²) in [5, 5.41) is 18.5. The van der Waals surface area contributed by atoms with Gasteiger partial charge in [-0.1, -0.05) is 0 Å². The van der Waals surface area contributed by atoms with Gasteiger partial charge in [0.05, 0.1) is 52.5 Å². The summed E-state index contributed by atoms with van der Waals surface area (Å²) in [5.41, 5.74) is 0. The molecule has 0 amide bonds. The molecular weight excluding hydrogens is 336 g/mol. The lowest BCUT2D eigenvalue weighted by Gasteiger charge is -2.24. The standard InChI is InChI=1S/C9H16O5.C7H12O4/c1-9(13-3-4-14-9)6-7(10)5-8(11)12-2;1-5(8)3-6(9)4-7(10)11-2/h7,10H,3-6H2,1-2H3;6,9H,3-4H2,1-2H3/t7-;6-/m01/s1. The van der Waals surface area contributed by atoms with Crippen molar-refractivity contribution in [2.75, 3.05) is 27.4 Å². The zero-order valence-corrected chi connectivity index (χ0v) is 15.1.